The topological polar surface area (TPSA) is 74.3 Å². The lowest BCUT2D eigenvalue weighted by atomic mass is 10.1. The van der Waals surface area contributed by atoms with E-state index in [2.05, 4.69) is 11.8 Å². The molecule has 1 aliphatic rings. The zero-order valence-corrected chi connectivity index (χ0v) is 20.4. The molecule has 0 spiro atoms. The molecule has 0 saturated heterocycles. The molecule has 8 heteroatoms. The van der Waals surface area contributed by atoms with E-state index in [0.29, 0.717) is 12.2 Å². The quantitative estimate of drug-likeness (QED) is 0.317. The highest BCUT2D eigenvalue weighted by Gasteiger charge is 2.31. The van der Waals surface area contributed by atoms with Crippen LogP contribution in [0, 0.1) is 23.6 Å². The van der Waals surface area contributed by atoms with E-state index in [-0.39, 0.29) is 17.8 Å². The van der Waals surface area contributed by atoms with Crippen molar-refractivity contribution in [1.29, 1.82) is 0 Å². The summed E-state index contributed by atoms with van der Waals surface area (Å²) in [6.45, 7) is 11.9. The Morgan fingerprint density at radius 1 is 1.03 bits per heavy atom. The van der Waals surface area contributed by atoms with Crippen molar-refractivity contribution in [2.45, 2.75) is 91.1 Å². The smallest absolute Gasteiger partial charge is 0.490 e. The molecule has 3 atom stereocenters. The largest absolute Gasteiger partial charge is 0.534 e. The normalized spacial score (nSPS) is 19.0. The molecule has 1 aromatic rings. The molecule has 0 aromatic heterocycles. The molecule has 1 amide bonds. The predicted octanol–water partition coefficient (Wildman–Crippen LogP) is 5.87. The second-order valence-electron chi connectivity index (χ2n) is 10.0. The summed E-state index contributed by atoms with van der Waals surface area (Å²) in [5.74, 6) is 6.50. The molecular formula is C25H34FNO6. The maximum atomic E-state index is 13.1. The third-order valence-corrected chi connectivity index (χ3v) is 4.48. The summed E-state index contributed by atoms with van der Waals surface area (Å²) >= 11 is 0. The molecular weight excluding hydrogens is 429 g/mol. The van der Waals surface area contributed by atoms with Gasteiger partial charge < -0.3 is 14.2 Å². The van der Waals surface area contributed by atoms with Crippen molar-refractivity contribution < 1.29 is 33.0 Å². The Morgan fingerprint density at radius 3 is 2.21 bits per heavy atom. The van der Waals surface area contributed by atoms with E-state index in [1.165, 1.54) is 12.1 Å². The molecule has 2 rings (SSSR count). The number of hydrogen-bond acceptors (Lipinski definition) is 6. The highest BCUT2D eigenvalue weighted by molar-refractivity contribution is 5.70. The molecule has 1 saturated carbocycles. The van der Waals surface area contributed by atoms with Crippen LogP contribution in [0.15, 0.2) is 24.3 Å². The number of amides is 1. The van der Waals surface area contributed by atoms with Crippen LogP contribution >= 0.6 is 0 Å². The monoisotopic (exact) mass is 463 g/mol. The summed E-state index contributed by atoms with van der Waals surface area (Å²) in [6, 6.07) is 5.16. The molecule has 182 valence electrons. The summed E-state index contributed by atoms with van der Waals surface area (Å²) in [7, 11) is 0. The number of halogens is 1. The van der Waals surface area contributed by atoms with Crippen LogP contribution in [0.4, 0.5) is 14.0 Å². The van der Waals surface area contributed by atoms with Gasteiger partial charge in [0.15, 0.2) is 0 Å². The maximum absolute atomic E-state index is 13.1. The molecule has 0 heterocycles. The average Bonchev–Trinajstić information content (AvgIpc) is 3.10. The Bertz CT molecular complexity index is 875. The summed E-state index contributed by atoms with van der Waals surface area (Å²) in [5, 5.41) is 0.799. The molecule has 1 aromatic carbocycles. The van der Waals surface area contributed by atoms with Gasteiger partial charge in [-0.2, -0.15) is 0 Å². The number of carbonyl (C=O) groups excluding carboxylic acids is 2. The van der Waals surface area contributed by atoms with Gasteiger partial charge >= 0.3 is 12.2 Å². The number of ether oxygens (including phenoxy) is 3. The molecule has 7 nitrogen and oxygen atoms in total. The second-order valence-corrected chi connectivity index (χ2v) is 10.0. The number of benzene rings is 1. The van der Waals surface area contributed by atoms with Crippen molar-refractivity contribution in [2.75, 3.05) is 0 Å². The van der Waals surface area contributed by atoms with Gasteiger partial charge in [-0.15, -0.1) is 5.06 Å². The lowest BCUT2D eigenvalue weighted by Gasteiger charge is -2.28. The van der Waals surface area contributed by atoms with E-state index in [0.717, 1.165) is 17.9 Å². The summed E-state index contributed by atoms with van der Waals surface area (Å²) < 4.78 is 29.5. The Balaban J connectivity index is 2.02. The first-order valence-corrected chi connectivity index (χ1v) is 11.1. The number of rotatable bonds is 3. The van der Waals surface area contributed by atoms with Crippen LogP contribution in [0.1, 0.15) is 67.7 Å². The van der Waals surface area contributed by atoms with Crippen LogP contribution in [0.3, 0.4) is 0 Å². The van der Waals surface area contributed by atoms with E-state index in [9.17, 15) is 14.0 Å². The minimum absolute atomic E-state index is 0.0231. The fourth-order valence-electron chi connectivity index (χ4n) is 3.11. The molecule has 0 aliphatic heterocycles. The van der Waals surface area contributed by atoms with Crippen LogP contribution in [0.2, 0.25) is 0 Å². The first kappa shape index (κ1) is 26.3. The van der Waals surface area contributed by atoms with Crippen LogP contribution < -0.4 is 4.74 Å². The van der Waals surface area contributed by atoms with Gasteiger partial charge in [0.1, 0.15) is 28.8 Å². The first-order chi connectivity index (χ1) is 15.2. The first-order valence-electron chi connectivity index (χ1n) is 11.1. The van der Waals surface area contributed by atoms with Gasteiger partial charge in [-0.1, -0.05) is 11.8 Å². The second kappa shape index (κ2) is 10.8. The van der Waals surface area contributed by atoms with Gasteiger partial charge in [-0.3, -0.25) is 4.84 Å². The Hall–Kier alpha value is -2.95. The van der Waals surface area contributed by atoms with Crippen LogP contribution in [-0.2, 0) is 14.3 Å². The Kier molecular flexibility index (Phi) is 8.59. The van der Waals surface area contributed by atoms with Crippen molar-refractivity contribution in [3.63, 3.8) is 0 Å². The average molecular weight is 464 g/mol. The fourth-order valence-corrected chi connectivity index (χ4v) is 3.11. The van der Waals surface area contributed by atoms with Crippen molar-refractivity contribution >= 4 is 12.2 Å². The zero-order valence-electron chi connectivity index (χ0n) is 20.4. The lowest BCUT2D eigenvalue weighted by Crippen LogP contribution is -2.44. The predicted molar refractivity (Wildman–Crippen MR) is 121 cm³/mol. The van der Waals surface area contributed by atoms with Gasteiger partial charge in [0, 0.05) is 5.92 Å². The maximum Gasteiger partial charge on any atom is 0.534 e. The molecule has 0 bridgehead atoms. The van der Waals surface area contributed by atoms with E-state index in [1.807, 2.05) is 0 Å². The Morgan fingerprint density at radius 2 is 1.64 bits per heavy atom. The number of hydroxylamine groups is 2. The molecule has 33 heavy (non-hydrogen) atoms. The van der Waals surface area contributed by atoms with Gasteiger partial charge in [0.05, 0.1) is 6.10 Å². The summed E-state index contributed by atoms with van der Waals surface area (Å²) in [6.07, 6.45) is 0.469. The molecule has 1 unspecified atom stereocenters. The van der Waals surface area contributed by atoms with E-state index >= 15 is 0 Å². The van der Waals surface area contributed by atoms with Crippen LogP contribution in [0.5, 0.6) is 5.75 Å². The lowest BCUT2D eigenvalue weighted by molar-refractivity contribution is -0.144. The fraction of sp³-hybridized carbons (Fsp3) is 0.600. The van der Waals surface area contributed by atoms with Crippen LogP contribution in [0.25, 0.3) is 0 Å². The zero-order chi connectivity index (χ0) is 24.8. The Labute approximate surface area is 195 Å². The molecule has 0 radical (unpaired) electrons. The van der Waals surface area contributed by atoms with Gasteiger partial charge in [0.25, 0.3) is 0 Å². The highest BCUT2D eigenvalue weighted by atomic mass is 19.1. The summed E-state index contributed by atoms with van der Waals surface area (Å²) in [4.78, 5) is 30.0. The third-order valence-electron chi connectivity index (χ3n) is 4.48. The van der Waals surface area contributed by atoms with Crippen molar-refractivity contribution in [3.05, 3.63) is 30.1 Å². The third kappa shape index (κ3) is 9.60. The minimum atomic E-state index is -1.02. The molecule has 1 aliphatic carbocycles. The van der Waals surface area contributed by atoms with E-state index in [1.54, 1.807) is 60.6 Å². The molecule has 0 N–H and O–H groups in total. The van der Waals surface area contributed by atoms with Crippen molar-refractivity contribution in [1.82, 2.24) is 5.06 Å². The number of nitrogens with zero attached hydrogens (tertiary/aromatic N) is 1. The SMILES string of the molecule is CC(C#C[C@@H]1CC[C@H](Oc2ccc(F)cc2)C1)N(OC(=O)OC(C)(C)C)C(=O)OC(C)(C)C. The van der Waals surface area contributed by atoms with Gasteiger partial charge in [-0.25, -0.2) is 14.0 Å². The standard InChI is InChI=1S/C25H34FNO6/c1-17(27(22(28)31-24(2,3)4)33-23(29)32-25(5,6)7)8-9-18-10-13-21(16-18)30-20-14-11-19(26)12-15-20/h11-12,14-15,17-18,21H,10,13,16H2,1-7H3/t17?,18-,21+/m1/s1. The summed E-state index contributed by atoms with van der Waals surface area (Å²) in [5.41, 5.74) is -1.56. The van der Waals surface area contributed by atoms with Gasteiger partial charge in [-0.05, 0) is 92.0 Å². The minimum Gasteiger partial charge on any atom is -0.490 e. The van der Waals surface area contributed by atoms with Crippen molar-refractivity contribution in [3.8, 4) is 17.6 Å². The highest BCUT2D eigenvalue weighted by Crippen LogP contribution is 2.29. The van der Waals surface area contributed by atoms with E-state index in [4.69, 9.17) is 19.0 Å². The van der Waals surface area contributed by atoms with Crippen LogP contribution in [-0.4, -0.2) is 40.7 Å². The number of carbonyl (C=O) groups is 2. The van der Waals surface area contributed by atoms with E-state index < -0.39 is 29.5 Å². The van der Waals surface area contributed by atoms with Crippen molar-refractivity contribution in [2.24, 2.45) is 5.92 Å². The van der Waals surface area contributed by atoms with Gasteiger partial charge in [0.2, 0.25) is 0 Å². The number of hydrogen-bond donors (Lipinski definition) is 0. The molecule has 1 fully saturated rings.